The van der Waals surface area contributed by atoms with Gasteiger partial charge in [0, 0.05) is 24.8 Å². The molecule has 3 aromatic heterocycles. The third-order valence-corrected chi connectivity index (χ3v) is 7.16. The summed E-state index contributed by atoms with van der Waals surface area (Å²) in [5, 5.41) is 8.80. The highest BCUT2D eigenvalue weighted by Gasteiger charge is 2.51. The Balaban J connectivity index is 1.35. The average molecular weight is 527 g/mol. The summed E-state index contributed by atoms with van der Waals surface area (Å²) >= 11 is 0. The van der Waals surface area contributed by atoms with Crippen molar-refractivity contribution < 1.29 is 22.8 Å². The van der Waals surface area contributed by atoms with E-state index in [1.165, 1.54) is 23.0 Å². The Hall–Kier alpha value is -4.34. The minimum atomic E-state index is -4.55. The van der Waals surface area contributed by atoms with Gasteiger partial charge >= 0.3 is 6.18 Å². The number of rotatable bonds is 5. The van der Waals surface area contributed by atoms with Crippen molar-refractivity contribution in [1.82, 2.24) is 29.4 Å². The summed E-state index contributed by atoms with van der Waals surface area (Å²) < 4.78 is 42.0. The number of nitrogens with two attached hydrogens (primary N) is 2. The first-order chi connectivity index (χ1) is 18.0. The second-order valence-corrected chi connectivity index (χ2v) is 9.77. The molecule has 0 aromatic carbocycles. The number of carbonyl (C=O) groups excluding carboxylic acids is 2. The van der Waals surface area contributed by atoms with E-state index in [0.29, 0.717) is 18.7 Å². The van der Waals surface area contributed by atoms with Crippen LogP contribution in [0.15, 0.2) is 30.6 Å². The SMILES string of the molecule is CC#CC(=O)N1CC[C@]2(C1)C[C@H](n1nc(-c3cnn(Cc4cccc(C(F)(F)F)n4)c3)c(C(N)=O)c1N)C2. The molecule has 2 fully saturated rings. The van der Waals surface area contributed by atoms with Crippen LogP contribution in [-0.2, 0) is 17.5 Å². The van der Waals surface area contributed by atoms with E-state index in [1.54, 1.807) is 22.7 Å². The number of carbonyl (C=O) groups is 2. The molecule has 0 radical (unpaired) electrons. The predicted molar refractivity (Wildman–Crippen MR) is 130 cm³/mol. The fourth-order valence-electron chi connectivity index (χ4n) is 5.38. The molecule has 2 aliphatic rings. The zero-order valence-electron chi connectivity index (χ0n) is 20.5. The molecule has 1 saturated carbocycles. The second kappa shape index (κ2) is 9.20. The van der Waals surface area contributed by atoms with Gasteiger partial charge in [-0.25, -0.2) is 9.67 Å². The van der Waals surface area contributed by atoms with Gasteiger partial charge in [0.25, 0.3) is 11.8 Å². The summed E-state index contributed by atoms with van der Waals surface area (Å²) in [6, 6.07) is 3.58. The number of amides is 2. The van der Waals surface area contributed by atoms with Crippen molar-refractivity contribution in [2.45, 2.75) is 44.9 Å². The highest BCUT2D eigenvalue weighted by molar-refractivity contribution is 6.03. The first-order valence-corrected chi connectivity index (χ1v) is 11.9. The lowest BCUT2D eigenvalue weighted by atomic mass is 9.65. The van der Waals surface area contributed by atoms with Crippen molar-refractivity contribution in [1.29, 1.82) is 0 Å². The number of pyridine rings is 1. The quantitative estimate of drug-likeness (QED) is 0.490. The number of aromatic nitrogens is 5. The second-order valence-electron chi connectivity index (χ2n) is 9.77. The van der Waals surface area contributed by atoms with Crippen LogP contribution in [0.3, 0.4) is 0 Å². The average Bonchev–Trinajstić information content (AvgIpc) is 3.55. The van der Waals surface area contributed by atoms with E-state index >= 15 is 0 Å². The zero-order valence-corrected chi connectivity index (χ0v) is 20.5. The van der Waals surface area contributed by atoms with Crippen molar-refractivity contribution in [3.05, 3.63) is 47.5 Å². The van der Waals surface area contributed by atoms with Crippen LogP contribution in [0.25, 0.3) is 11.3 Å². The van der Waals surface area contributed by atoms with Crippen LogP contribution in [0.1, 0.15) is 54.0 Å². The smallest absolute Gasteiger partial charge is 0.383 e. The van der Waals surface area contributed by atoms with Crippen LogP contribution < -0.4 is 11.5 Å². The number of likely N-dealkylation sites (tertiary alicyclic amines) is 1. The first-order valence-electron chi connectivity index (χ1n) is 11.9. The molecule has 3 aromatic rings. The van der Waals surface area contributed by atoms with Gasteiger partial charge in [0.05, 0.1) is 24.5 Å². The molecule has 5 rings (SSSR count). The molecule has 4 N–H and O–H groups in total. The predicted octanol–water partition coefficient (Wildman–Crippen LogP) is 2.47. The summed E-state index contributed by atoms with van der Waals surface area (Å²) in [4.78, 5) is 29.9. The standard InChI is InChI=1S/C25H25F3N8O2/c1-2-4-19(37)34-8-7-24(14-34)9-17(10-24)36-22(29)20(23(30)38)21(33-36)15-11-31-35(12-15)13-16-5-3-6-18(32-16)25(26,27)28/h3,5-6,11-12,17H,7-10,13-14,29H2,1H3,(H2,30,38)/t17-,24-. The van der Waals surface area contributed by atoms with Crippen LogP contribution >= 0.6 is 0 Å². The van der Waals surface area contributed by atoms with Gasteiger partial charge in [-0.15, -0.1) is 0 Å². The molecule has 198 valence electrons. The van der Waals surface area contributed by atoms with E-state index in [9.17, 15) is 22.8 Å². The topological polar surface area (TPSA) is 138 Å². The van der Waals surface area contributed by atoms with Crippen molar-refractivity contribution in [3.8, 4) is 23.1 Å². The van der Waals surface area contributed by atoms with Crippen LogP contribution in [0.2, 0.25) is 0 Å². The molecule has 38 heavy (non-hydrogen) atoms. The van der Waals surface area contributed by atoms with Gasteiger partial charge in [0.2, 0.25) is 0 Å². The lowest BCUT2D eigenvalue weighted by Crippen LogP contribution is -2.42. The molecule has 1 spiro atoms. The lowest BCUT2D eigenvalue weighted by molar-refractivity contribution is -0.141. The molecule has 1 aliphatic carbocycles. The van der Waals surface area contributed by atoms with Crippen LogP contribution in [-0.4, -0.2) is 54.3 Å². The fraction of sp³-hybridized carbons (Fsp3) is 0.400. The van der Waals surface area contributed by atoms with Crippen LogP contribution in [0.5, 0.6) is 0 Å². The molecule has 1 saturated heterocycles. The highest BCUT2D eigenvalue weighted by atomic mass is 19.4. The molecule has 2 amide bonds. The number of nitrogen functional groups attached to an aromatic ring is 1. The zero-order chi connectivity index (χ0) is 27.2. The summed E-state index contributed by atoms with van der Waals surface area (Å²) in [6.45, 7) is 2.87. The molecule has 0 bridgehead atoms. The van der Waals surface area contributed by atoms with E-state index in [2.05, 4.69) is 27.0 Å². The van der Waals surface area contributed by atoms with Crippen molar-refractivity contribution >= 4 is 17.6 Å². The molecule has 0 unspecified atom stereocenters. The third kappa shape index (κ3) is 4.57. The summed E-state index contributed by atoms with van der Waals surface area (Å²) in [5.74, 6) is 4.43. The molecule has 0 atom stereocenters. The number of primary amides is 1. The first kappa shape index (κ1) is 25.3. The maximum absolute atomic E-state index is 13.0. The Bertz CT molecular complexity index is 1470. The van der Waals surface area contributed by atoms with Gasteiger partial charge in [0.15, 0.2) is 0 Å². The minimum absolute atomic E-state index is 0.0191. The van der Waals surface area contributed by atoms with Crippen molar-refractivity contribution in [2.24, 2.45) is 11.1 Å². The maximum Gasteiger partial charge on any atom is 0.433 e. The number of hydrogen-bond donors (Lipinski definition) is 2. The summed E-state index contributed by atoms with van der Waals surface area (Å²) in [7, 11) is 0. The Kier molecular flexibility index (Phi) is 6.13. The summed E-state index contributed by atoms with van der Waals surface area (Å²) in [5.41, 5.74) is 11.8. The van der Waals surface area contributed by atoms with Gasteiger partial charge in [-0.2, -0.15) is 23.4 Å². The number of alkyl halides is 3. The number of halogens is 3. The fourth-order valence-corrected chi connectivity index (χ4v) is 5.38. The van der Waals surface area contributed by atoms with E-state index in [0.717, 1.165) is 25.3 Å². The normalized spacial score (nSPS) is 20.7. The van der Waals surface area contributed by atoms with Crippen molar-refractivity contribution in [2.75, 3.05) is 18.8 Å². The number of anilines is 1. The lowest BCUT2D eigenvalue weighted by Gasteiger charge is -2.45. The Morgan fingerprint density at radius 2 is 2.03 bits per heavy atom. The third-order valence-electron chi connectivity index (χ3n) is 7.16. The van der Waals surface area contributed by atoms with E-state index < -0.39 is 17.8 Å². The molecule has 1 aliphatic heterocycles. The Morgan fingerprint density at radius 1 is 1.26 bits per heavy atom. The van der Waals surface area contributed by atoms with E-state index in [1.807, 2.05) is 0 Å². The van der Waals surface area contributed by atoms with Gasteiger partial charge in [-0.3, -0.25) is 14.3 Å². The minimum Gasteiger partial charge on any atom is -0.383 e. The van der Waals surface area contributed by atoms with E-state index in [-0.39, 0.29) is 46.7 Å². The van der Waals surface area contributed by atoms with Gasteiger partial charge in [-0.05, 0) is 49.7 Å². The molecule has 4 heterocycles. The number of nitrogens with zero attached hydrogens (tertiary/aromatic N) is 6. The molecule has 13 heteroatoms. The monoisotopic (exact) mass is 526 g/mol. The molecule has 10 nitrogen and oxygen atoms in total. The van der Waals surface area contributed by atoms with Crippen LogP contribution in [0, 0.1) is 17.3 Å². The molecular formula is C25H25F3N8O2. The van der Waals surface area contributed by atoms with E-state index in [4.69, 9.17) is 11.5 Å². The molecular weight excluding hydrogens is 501 g/mol. The largest absolute Gasteiger partial charge is 0.433 e. The Labute approximate surface area is 215 Å². The Morgan fingerprint density at radius 3 is 2.71 bits per heavy atom. The van der Waals surface area contributed by atoms with Crippen molar-refractivity contribution in [3.63, 3.8) is 0 Å². The maximum atomic E-state index is 13.0. The van der Waals surface area contributed by atoms with Gasteiger partial charge < -0.3 is 16.4 Å². The van der Waals surface area contributed by atoms with Crippen LogP contribution in [0.4, 0.5) is 19.0 Å². The summed E-state index contributed by atoms with van der Waals surface area (Å²) in [6.07, 6.45) is 0.776. The number of hydrogen-bond acceptors (Lipinski definition) is 6. The van der Waals surface area contributed by atoms with Gasteiger partial charge in [-0.1, -0.05) is 12.0 Å². The highest BCUT2D eigenvalue weighted by Crippen LogP contribution is 2.54. The van der Waals surface area contributed by atoms with Gasteiger partial charge in [0.1, 0.15) is 22.8 Å².